The number of hydrogen-bond acceptors (Lipinski definition) is 3. The molecule has 0 aromatic heterocycles. The summed E-state index contributed by atoms with van der Waals surface area (Å²) >= 11 is 0. The molecule has 4 nitrogen and oxygen atoms in total. The van der Waals surface area contributed by atoms with Gasteiger partial charge in [-0.15, -0.1) is 0 Å². The molecule has 0 spiro atoms. The lowest BCUT2D eigenvalue weighted by Gasteiger charge is -2.16. The van der Waals surface area contributed by atoms with Gasteiger partial charge in [0, 0.05) is 16.8 Å². The number of rotatable bonds is 7. The van der Waals surface area contributed by atoms with Gasteiger partial charge in [0.2, 0.25) is 6.54 Å². The summed E-state index contributed by atoms with van der Waals surface area (Å²) in [6.07, 6.45) is 3.20. The first-order chi connectivity index (χ1) is 6.15. The smallest absolute Gasteiger partial charge is 0.207 e. The Morgan fingerprint density at radius 3 is 2.38 bits per heavy atom. The molecule has 76 valence electrons. The first-order valence-corrected chi connectivity index (χ1v) is 4.72. The summed E-state index contributed by atoms with van der Waals surface area (Å²) < 4.78 is 0. The highest BCUT2D eigenvalue weighted by molar-refractivity contribution is 5.53. The van der Waals surface area contributed by atoms with Gasteiger partial charge >= 0.3 is 0 Å². The van der Waals surface area contributed by atoms with E-state index < -0.39 is 0 Å². The van der Waals surface area contributed by atoms with Crippen LogP contribution in [0.3, 0.4) is 0 Å². The zero-order valence-electron chi connectivity index (χ0n) is 8.23. The number of aldehydes is 1. The molecule has 4 heteroatoms. The molecule has 0 unspecified atom stereocenters. The Balaban J connectivity index is 4.19. The molecule has 0 amide bonds. The second kappa shape index (κ2) is 6.57. The van der Waals surface area contributed by atoms with E-state index in [1.54, 1.807) is 0 Å². The number of hydrogen-bond donors (Lipinski definition) is 0. The van der Waals surface area contributed by atoms with Gasteiger partial charge in [-0.2, -0.15) is 0 Å². The van der Waals surface area contributed by atoms with Crippen molar-refractivity contribution in [2.24, 2.45) is 11.8 Å². The van der Waals surface area contributed by atoms with Crippen molar-refractivity contribution in [2.75, 3.05) is 6.54 Å². The minimum absolute atomic E-state index is 0.0783. The molecule has 0 radical (unpaired) electrons. The van der Waals surface area contributed by atoms with Gasteiger partial charge in [0.25, 0.3) is 0 Å². The number of nitrogens with zero attached hydrogens (tertiary/aromatic N) is 1. The van der Waals surface area contributed by atoms with Gasteiger partial charge in [-0.1, -0.05) is 20.3 Å². The van der Waals surface area contributed by atoms with Crippen LogP contribution in [0.5, 0.6) is 0 Å². The van der Waals surface area contributed by atoms with Gasteiger partial charge in [0.05, 0.1) is 0 Å². The molecule has 0 aliphatic carbocycles. The van der Waals surface area contributed by atoms with E-state index in [-0.39, 0.29) is 23.3 Å². The van der Waals surface area contributed by atoms with Crippen LogP contribution in [0, 0.1) is 22.0 Å². The first-order valence-electron chi connectivity index (χ1n) is 4.72. The van der Waals surface area contributed by atoms with E-state index in [0.717, 1.165) is 19.1 Å². The fourth-order valence-corrected chi connectivity index (χ4v) is 1.54. The summed E-state index contributed by atoms with van der Waals surface area (Å²) in [5.74, 6) is -0.229. The quantitative estimate of drug-likeness (QED) is 0.347. The molecular formula is C9H17NO3. The Hall–Kier alpha value is -0.930. The van der Waals surface area contributed by atoms with Gasteiger partial charge in [0.1, 0.15) is 6.29 Å². The summed E-state index contributed by atoms with van der Waals surface area (Å²) in [5, 5.41) is 10.3. The topological polar surface area (TPSA) is 60.2 Å². The molecule has 0 rings (SSSR count). The van der Waals surface area contributed by atoms with Gasteiger partial charge < -0.3 is 4.79 Å². The Kier molecular flexibility index (Phi) is 6.10. The Morgan fingerprint density at radius 1 is 1.46 bits per heavy atom. The highest BCUT2D eigenvalue weighted by atomic mass is 16.6. The van der Waals surface area contributed by atoms with Crippen molar-refractivity contribution >= 4 is 6.29 Å². The predicted molar refractivity (Wildman–Crippen MR) is 50.1 cm³/mol. The average Bonchev–Trinajstić information content (AvgIpc) is 2.05. The van der Waals surface area contributed by atoms with Crippen molar-refractivity contribution in [1.29, 1.82) is 0 Å². The van der Waals surface area contributed by atoms with Gasteiger partial charge in [-0.3, -0.25) is 10.1 Å². The van der Waals surface area contributed by atoms with Crippen LogP contribution < -0.4 is 0 Å². The SMILES string of the molecule is CCC[C@H](C[N+](=O)[O-])[C@H](C=O)CC. The maximum atomic E-state index is 10.6. The highest BCUT2D eigenvalue weighted by Gasteiger charge is 2.23. The second-order valence-corrected chi connectivity index (χ2v) is 3.27. The zero-order valence-corrected chi connectivity index (χ0v) is 8.23. The second-order valence-electron chi connectivity index (χ2n) is 3.27. The van der Waals surface area contributed by atoms with Crippen LogP contribution in [0.4, 0.5) is 0 Å². The third kappa shape index (κ3) is 4.60. The van der Waals surface area contributed by atoms with Gasteiger partial charge in [0.15, 0.2) is 0 Å². The number of nitro groups is 1. The molecule has 0 heterocycles. The molecule has 0 N–H and O–H groups in total. The molecule has 0 saturated carbocycles. The summed E-state index contributed by atoms with van der Waals surface area (Å²) in [4.78, 5) is 20.6. The standard InChI is InChI=1S/C9H17NO3/c1-3-5-9(6-10(12)13)8(4-2)7-11/h7-9H,3-6H2,1-2H3/t8-,9+/m0/s1. The van der Waals surface area contributed by atoms with E-state index in [9.17, 15) is 14.9 Å². The Morgan fingerprint density at radius 2 is 2.08 bits per heavy atom. The molecule has 0 aliphatic heterocycles. The molecule has 0 fully saturated rings. The summed E-state index contributed by atoms with van der Waals surface area (Å²) in [7, 11) is 0. The molecule has 0 bridgehead atoms. The molecule has 0 saturated heterocycles. The van der Waals surface area contributed by atoms with Crippen LogP contribution in [-0.2, 0) is 4.79 Å². The van der Waals surface area contributed by atoms with E-state index >= 15 is 0 Å². The lowest BCUT2D eigenvalue weighted by molar-refractivity contribution is -0.489. The van der Waals surface area contributed by atoms with Crippen molar-refractivity contribution in [2.45, 2.75) is 33.1 Å². The lowest BCUT2D eigenvalue weighted by atomic mass is 9.88. The lowest BCUT2D eigenvalue weighted by Crippen LogP contribution is -2.23. The summed E-state index contributed by atoms with van der Waals surface area (Å²) in [6.45, 7) is 3.79. The maximum absolute atomic E-state index is 10.6. The molecule has 0 aromatic carbocycles. The van der Waals surface area contributed by atoms with Crippen LogP contribution in [0.1, 0.15) is 33.1 Å². The minimum Gasteiger partial charge on any atom is -0.303 e. The molecule has 2 atom stereocenters. The molecular weight excluding hydrogens is 170 g/mol. The van der Waals surface area contributed by atoms with E-state index in [2.05, 4.69) is 0 Å². The normalized spacial score (nSPS) is 14.9. The van der Waals surface area contributed by atoms with Gasteiger partial charge in [-0.05, 0) is 12.8 Å². The Labute approximate surface area is 78.5 Å². The monoisotopic (exact) mass is 187 g/mol. The first kappa shape index (κ1) is 12.1. The zero-order chi connectivity index (χ0) is 10.3. The number of carbonyl (C=O) groups excluding carboxylic acids is 1. The molecule has 13 heavy (non-hydrogen) atoms. The fourth-order valence-electron chi connectivity index (χ4n) is 1.54. The Bertz CT molecular complexity index is 170. The van der Waals surface area contributed by atoms with Crippen LogP contribution in [0.15, 0.2) is 0 Å². The highest BCUT2D eigenvalue weighted by Crippen LogP contribution is 2.19. The average molecular weight is 187 g/mol. The van der Waals surface area contributed by atoms with Crippen molar-refractivity contribution in [1.82, 2.24) is 0 Å². The van der Waals surface area contributed by atoms with Crippen LogP contribution in [-0.4, -0.2) is 17.8 Å². The number of carbonyl (C=O) groups is 1. The van der Waals surface area contributed by atoms with Gasteiger partial charge in [-0.25, -0.2) is 0 Å². The minimum atomic E-state index is -0.327. The van der Waals surface area contributed by atoms with Crippen LogP contribution >= 0.6 is 0 Å². The van der Waals surface area contributed by atoms with E-state index in [1.165, 1.54) is 0 Å². The largest absolute Gasteiger partial charge is 0.303 e. The van der Waals surface area contributed by atoms with Crippen molar-refractivity contribution < 1.29 is 9.72 Å². The molecule has 0 aliphatic rings. The van der Waals surface area contributed by atoms with Crippen LogP contribution in [0.2, 0.25) is 0 Å². The van der Waals surface area contributed by atoms with E-state index in [1.807, 2.05) is 13.8 Å². The molecule has 0 aromatic rings. The summed E-state index contributed by atoms with van der Waals surface area (Å²) in [6, 6.07) is 0. The van der Waals surface area contributed by atoms with Crippen molar-refractivity contribution in [3.8, 4) is 0 Å². The fraction of sp³-hybridized carbons (Fsp3) is 0.889. The third-order valence-electron chi connectivity index (χ3n) is 2.29. The summed E-state index contributed by atoms with van der Waals surface area (Å²) in [5.41, 5.74) is 0. The van der Waals surface area contributed by atoms with E-state index in [4.69, 9.17) is 0 Å². The predicted octanol–water partition coefficient (Wildman–Crippen LogP) is 1.90. The van der Waals surface area contributed by atoms with Crippen molar-refractivity contribution in [3.63, 3.8) is 0 Å². The van der Waals surface area contributed by atoms with Crippen LogP contribution in [0.25, 0.3) is 0 Å². The van der Waals surface area contributed by atoms with E-state index in [0.29, 0.717) is 6.42 Å². The third-order valence-corrected chi connectivity index (χ3v) is 2.29. The maximum Gasteiger partial charge on any atom is 0.207 e. The van der Waals surface area contributed by atoms with Crippen molar-refractivity contribution in [3.05, 3.63) is 10.1 Å².